The number of benzene rings is 1. The molecule has 4 rings (SSSR count). The number of carbonyl (C=O) groups excluding carboxylic acids is 1. The molecule has 0 spiro atoms. The average Bonchev–Trinajstić information content (AvgIpc) is 3.34. The highest BCUT2D eigenvalue weighted by molar-refractivity contribution is 7.89. The number of sulfonamides is 1. The lowest BCUT2D eigenvalue weighted by atomic mass is 10.2. The summed E-state index contributed by atoms with van der Waals surface area (Å²) in [7, 11) is -3.63. The lowest BCUT2D eigenvalue weighted by molar-refractivity contribution is 0.0953. The van der Waals surface area contributed by atoms with Crippen LogP contribution in [-0.2, 0) is 16.6 Å². The fourth-order valence-electron chi connectivity index (χ4n) is 3.75. The van der Waals surface area contributed by atoms with Gasteiger partial charge >= 0.3 is 0 Å². The van der Waals surface area contributed by atoms with Gasteiger partial charge in [0.15, 0.2) is 0 Å². The van der Waals surface area contributed by atoms with Gasteiger partial charge in [0, 0.05) is 26.2 Å². The van der Waals surface area contributed by atoms with Crippen molar-refractivity contribution in [2.24, 2.45) is 0 Å². The second-order valence-corrected chi connectivity index (χ2v) is 9.96. The molecule has 1 aliphatic heterocycles. The van der Waals surface area contributed by atoms with Crippen LogP contribution in [0.4, 0.5) is 0 Å². The van der Waals surface area contributed by atoms with Gasteiger partial charge in [-0.1, -0.05) is 18.6 Å². The predicted molar refractivity (Wildman–Crippen MR) is 114 cm³/mol. The van der Waals surface area contributed by atoms with Gasteiger partial charge in [-0.05, 0) is 43.3 Å². The first-order valence-corrected chi connectivity index (χ1v) is 12.1. The zero-order valence-electron chi connectivity index (χ0n) is 16.3. The van der Waals surface area contributed by atoms with Crippen molar-refractivity contribution in [1.29, 1.82) is 0 Å². The SMILES string of the molecule is Cc1nc2ccccc2n1CCNC(=O)c1sccc1S(=O)(=O)N1CCCCC1. The van der Waals surface area contributed by atoms with Crippen molar-refractivity contribution in [3.8, 4) is 0 Å². The molecule has 1 saturated heterocycles. The zero-order valence-corrected chi connectivity index (χ0v) is 17.9. The van der Waals surface area contributed by atoms with Crippen molar-refractivity contribution in [3.63, 3.8) is 0 Å². The summed E-state index contributed by atoms with van der Waals surface area (Å²) in [6, 6.07) is 9.40. The Morgan fingerprint density at radius 2 is 1.93 bits per heavy atom. The second-order valence-electron chi connectivity index (χ2n) is 7.13. The van der Waals surface area contributed by atoms with E-state index < -0.39 is 10.0 Å². The normalized spacial score (nSPS) is 15.6. The molecule has 0 saturated carbocycles. The van der Waals surface area contributed by atoms with E-state index in [4.69, 9.17) is 0 Å². The Balaban J connectivity index is 1.46. The smallest absolute Gasteiger partial charge is 0.262 e. The third-order valence-electron chi connectivity index (χ3n) is 5.23. The van der Waals surface area contributed by atoms with Crippen LogP contribution in [0, 0.1) is 6.92 Å². The highest BCUT2D eigenvalue weighted by atomic mass is 32.2. The third kappa shape index (κ3) is 3.94. The van der Waals surface area contributed by atoms with E-state index in [1.54, 1.807) is 5.38 Å². The van der Waals surface area contributed by atoms with Gasteiger partial charge in [0.2, 0.25) is 10.0 Å². The summed E-state index contributed by atoms with van der Waals surface area (Å²) in [5, 5.41) is 4.54. The van der Waals surface area contributed by atoms with E-state index in [1.165, 1.54) is 21.7 Å². The number of hydrogen-bond donors (Lipinski definition) is 1. The van der Waals surface area contributed by atoms with Crippen LogP contribution in [0.15, 0.2) is 40.6 Å². The van der Waals surface area contributed by atoms with Gasteiger partial charge in [-0.15, -0.1) is 11.3 Å². The Labute approximate surface area is 174 Å². The summed E-state index contributed by atoms with van der Waals surface area (Å²) in [6.07, 6.45) is 2.78. The Morgan fingerprint density at radius 1 is 1.17 bits per heavy atom. The highest BCUT2D eigenvalue weighted by Gasteiger charge is 2.30. The second kappa shape index (κ2) is 8.25. The molecule has 1 fully saturated rings. The van der Waals surface area contributed by atoms with Gasteiger partial charge in [0.05, 0.1) is 11.0 Å². The number of aryl methyl sites for hydroxylation is 1. The van der Waals surface area contributed by atoms with Crippen LogP contribution < -0.4 is 5.32 Å². The lowest BCUT2D eigenvalue weighted by Crippen LogP contribution is -2.36. The fraction of sp³-hybridized carbons (Fsp3) is 0.400. The van der Waals surface area contributed by atoms with E-state index in [1.807, 2.05) is 31.2 Å². The maximum Gasteiger partial charge on any atom is 0.262 e. The number of fused-ring (bicyclic) bond motifs is 1. The van der Waals surface area contributed by atoms with Crippen molar-refractivity contribution in [1.82, 2.24) is 19.2 Å². The van der Waals surface area contributed by atoms with E-state index in [0.717, 1.165) is 36.1 Å². The Bertz CT molecular complexity index is 1130. The maximum atomic E-state index is 13.0. The quantitative estimate of drug-likeness (QED) is 0.649. The van der Waals surface area contributed by atoms with Crippen LogP contribution in [0.3, 0.4) is 0 Å². The number of nitrogens with zero attached hydrogens (tertiary/aromatic N) is 3. The van der Waals surface area contributed by atoms with Gasteiger partial charge < -0.3 is 9.88 Å². The van der Waals surface area contributed by atoms with Crippen molar-refractivity contribution >= 4 is 38.3 Å². The van der Waals surface area contributed by atoms with Crippen LogP contribution in [0.25, 0.3) is 11.0 Å². The molecule has 3 heterocycles. The summed E-state index contributed by atoms with van der Waals surface area (Å²) in [4.78, 5) is 17.6. The zero-order chi connectivity index (χ0) is 20.4. The van der Waals surface area contributed by atoms with Gasteiger partial charge in [-0.2, -0.15) is 4.31 Å². The van der Waals surface area contributed by atoms with Crippen molar-refractivity contribution in [2.45, 2.75) is 37.6 Å². The first-order valence-electron chi connectivity index (χ1n) is 9.76. The Morgan fingerprint density at radius 3 is 2.72 bits per heavy atom. The number of rotatable bonds is 6. The molecule has 1 aromatic carbocycles. The molecular formula is C20H24N4O3S2. The molecule has 1 aliphatic rings. The monoisotopic (exact) mass is 432 g/mol. The minimum Gasteiger partial charge on any atom is -0.350 e. The number of nitrogens with one attached hydrogen (secondary N) is 1. The molecular weight excluding hydrogens is 408 g/mol. The standard InChI is InChI=1S/C20H24N4O3S2/c1-15-22-16-7-3-4-8-17(16)24(15)13-10-21-20(25)19-18(9-14-28-19)29(26,27)23-11-5-2-6-12-23/h3-4,7-9,14H,2,5-6,10-13H2,1H3,(H,21,25). The van der Waals surface area contributed by atoms with Crippen molar-refractivity contribution in [2.75, 3.05) is 19.6 Å². The first-order chi connectivity index (χ1) is 14.0. The number of piperidine rings is 1. The lowest BCUT2D eigenvalue weighted by Gasteiger charge is -2.25. The molecule has 0 radical (unpaired) electrons. The third-order valence-corrected chi connectivity index (χ3v) is 8.22. The number of imidazole rings is 1. The predicted octanol–water partition coefficient (Wildman–Crippen LogP) is 3.01. The summed E-state index contributed by atoms with van der Waals surface area (Å²) in [5.74, 6) is 0.530. The molecule has 3 aromatic rings. The van der Waals surface area contributed by atoms with E-state index in [9.17, 15) is 13.2 Å². The maximum absolute atomic E-state index is 13.0. The minimum absolute atomic E-state index is 0.117. The summed E-state index contributed by atoms with van der Waals surface area (Å²) >= 11 is 1.17. The summed E-state index contributed by atoms with van der Waals surface area (Å²) in [6.45, 7) is 3.93. The fourth-order valence-corrected chi connectivity index (χ4v) is 6.58. The van der Waals surface area contributed by atoms with Crippen LogP contribution in [-0.4, -0.2) is 47.8 Å². The number of amides is 1. The number of para-hydroxylation sites is 2. The number of carbonyl (C=O) groups is 1. The van der Waals surface area contributed by atoms with Crippen LogP contribution in [0.5, 0.6) is 0 Å². The van der Waals surface area contributed by atoms with E-state index in [2.05, 4.69) is 14.9 Å². The van der Waals surface area contributed by atoms with Gasteiger partial charge in [-0.3, -0.25) is 4.79 Å². The van der Waals surface area contributed by atoms with Crippen molar-refractivity contribution < 1.29 is 13.2 Å². The van der Waals surface area contributed by atoms with Gasteiger partial charge in [-0.25, -0.2) is 13.4 Å². The Hall–Kier alpha value is -2.23. The summed E-state index contributed by atoms with van der Waals surface area (Å²) in [5.41, 5.74) is 1.94. The largest absolute Gasteiger partial charge is 0.350 e. The number of aromatic nitrogens is 2. The molecule has 0 unspecified atom stereocenters. The molecule has 9 heteroatoms. The topological polar surface area (TPSA) is 84.3 Å². The number of hydrogen-bond acceptors (Lipinski definition) is 5. The van der Waals surface area contributed by atoms with Crippen LogP contribution >= 0.6 is 11.3 Å². The molecule has 2 aromatic heterocycles. The molecule has 29 heavy (non-hydrogen) atoms. The van der Waals surface area contributed by atoms with E-state index in [0.29, 0.717) is 26.2 Å². The molecule has 0 bridgehead atoms. The highest BCUT2D eigenvalue weighted by Crippen LogP contribution is 2.27. The molecule has 0 aliphatic carbocycles. The minimum atomic E-state index is -3.63. The molecule has 0 atom stereocenters. The van der Waals surface area contributed by atoms with Crippen molar-refractivity contribution in [3.05, 3.63) is 46.4 Å². The van der Waals surface area contributed by atoms with E-state index in [-0.39, 0.29) is 15.7 Å². The van der Waals surface area contributed by atoms with Crippen LogP contribution in [0.1, 0.15) is 34.8 Å². The first kappa shape index (κ1) is 20.1. The van der Waals surface area contributed by atoms with Gasteiger partial charge in [0.25, 0.3) is 5.91 Å². The average molecular weight is 433 g/mol. The van der Waals surface area contributed by atoms with Gasteiger partial charge in [0.1, 0.15) is 15.6 Å². The molecule has 1 amide bonds. The van der Waals surface area contributed by atoms with E-state index >= 15 is 0 Å². The van der Waals surface area contributed by atoms with Crippen LogP contribution in [0.2, 0.25) is 0 Å². The molecule has 7 nitrogen and oxygen atoms in total. The summed E-state index contributed by atoms with van der Waals surface area (Å²) < 4.78 is 29.5. The molecule has 1 N–H and O–H groups in total. The molecule has 154 valence electrons. The number of thiophene rings is 1. The Kier molecular flexibility index (Phi) is 5.71.